The molecule has 0 radical (unpaired) electrons. The SMILES string of the molecule is C[C@@H]1c2cccn2CCN1C(=S)Nc1ccc([N+](=O)[O-])cc1. The van der Waals surface area contributed by atoms with Gasteiger partial charge in [-0.3, -0.25) is 10.1 Å². The normalized spacial score (nSPS) is 17.0. The maximum Gasteiger partial charge on any atom is 0.269 e. The van der Waals surface area contributed by atoms with Crippen LogP contribution in [0, 0.1) is 10.1 Å². The van der Waals surface area contributed by atoms with Crippen LogP contribution >= 0.6 is 12.2 Å². The molecule has 7 heteroatoms. The summed E-state index contributed by atoms with van der Waals surface area (Å²) in [5.41, 5.74) is 2.06. The first kappa shape index (κ1) is 14.5. The van der Waals surface area contributed by atoms with Gasteiger partial charge in [0.25, 0.3) is 5.69 Å². The molecule has 1 N–H and O–H groups in total. The second kappa shape index (κ2) is 5.76. The van der Waals surface area contributed by atoms with Crippen molar-refractivity contribution in [2.24, 2.45) is 0 Å². The van der Waals surface area contributed by atoms with Crippen LogP contribution in [0.25, 0.3) is 0 Å². The second-order valence-electron chi connectivity index (χ2n) is 5.23. The number of nitro groups is 1. The lowest BCUT2D eigenvalue weighted by atomic mass is 10.1. The summed E-state index contributed by atoms with van der Waals surface area (Å²) in [6.45, 7) is 3.85. The second-order valence-corrected chi connectivity index (χ2v) is 5.62. The summed E-state index contributed by atoms with van der Waals surface area (Å²) in [7, 11) is 0. The Morgan fingerprint density at radius 1 is 1.32 bits per heavy atom. The number of anilines is 1. The molecule has 1 aromatic carbocycles. The van der Waals surface area contributed by atoms with E-state index >= 15 is 0 Å². The van der Waals surface area contributed by atoms with E-state index in [1.807, 2.05) is 6.07 Å². The van der Waals surface area contributed by atoms with Crippen molar-refractivity contribution in [1.82, 2.24) is 9.47 Å². The molecule has 2 aromatic rings. The van der Waals surface area contributed by atoms with E-state index in [2.05, 4.69) is 34.0 Å². The summed E-state index contributed by atoms with van der Waals surface area (Å²) in [6, 6.07) is 10.6. The minimum atomic E-state index is -0.414. The number of nitrogens with zero attached hydrogens (tertiary/aromatic N) is 3. The molecule has 114 valence electrons. The van der Waals surface area contributed by atoms with E-state index < -0.39 is 4.92 Å². The van der Waals surface area contributed by atoms with Gasteiger partial charge < -0.3 is 14.8 Å². The molecule has 1 atom stereocenters. The topological polar surface area (TPSA) is 63.3 Å². The highest BCUT2D eigenvalue weighted by Crippen LogP contribution is 2.26. The lowest BCUT2D eigenvalue weighted by molar-refractivity contribution is -0.384. The molecule has 0 bridgehead atoms. The molecule has 3 rings (SSSR count). The third-order valence-electron chi connectivity index (χ3n) is 3.93. The van der Waals surface area contributed by atoms with Gasteiger partial charge in [0.2, 0.25) is 0 Å². The van der Waals surface area contributed by atoms with Crippen molar-refractivity contribution >= 4 is 28.7 Å². The maximum absolute atomic E-state index is 10.7. The molecule has 0 spiro atoms. The number of thiocarbonyl (C=S) groups is 1. The van der Waals surface area contributed by atoms with Gasteiger partial charge in [-0.1, -0.05) is 0 Å². The Balaban J connectivity index is 1.71. The van der Waals surface area contributed by atoms with Gasteiger partial charge in [-0.2, -0.15) is 0 Å². The molecule has 0 saturated carbocycles. The lowest BCUT2D eigenvalue weighted by Crippen LogP contribution is -2.42. The van der Waals surface area contributed by atoms with E-state index in [1.54, 1.807) is 12.1 Å². The highest BCUT2D eigenvalue weighted by Gasteiger charge is 2.25. The highest BCUT2D eigenvalue weighted by molar-refractivity contribution is 7.80. The summed E-state index contributed by atoms with van der Waals surface area (Å²) in [4.78, 5) is 12.4. The van der Waals surface area contributed by atoms with Crippen LogP contribution in [-0.4, -0.2) is 26.0 Å². The van der Waals surface area contributed by atoms with Crippen molar-refractivity contribution in [2.75, 3.05) is 11.9 Å². The first-order chi connectivity index (χ1) is 10.6. The smallest absolute Gasteiger partial charge is 0.269 e. The Kier molecular flexibility index (Phi) is 3.81. The number of hydrogen-bond acceptors (Lipinski definition) is 3. The molecule has 0 unspecified atom stereocenters. The molecule has 0 saturated heterocycles. The first-order valence-corrected chi connectivity index (χ1v) is 7.44. The van der Waals surface area contributed by atoms with Gasteiger partial charge >= 0.3 is 0 Å². The average molecular weight is 316 g/mol. The van der Waals surface area contributed by atoms with E-state index in [-0.39, 0.29) is 11.7 Å². The first-order valence-electron chi connectivity index (χ1n) is 7.03. The van der Waals surface area contributed by atoms with E-state index in [9.17, 15) is 10.1 Å². The largest absolute Gasteiger partial charge is 0.348 e. The summed E-state index contributed by atoms with van der Waals surface area (Å²) in [5, 5.41) is 14.5. The fourth-order valence-electron chi connectivity index (χ4n) is 2.72. The average Bonchev–Trinajstić information content (AvgIpc) is 2.97. The Labute approximate surface area is 133 Å². The van der Waals surface area contributed by atoms with Crippen molar-refractivity contribution in [3.05, 3.63) is 58.4 Å². The molecule has 22 heavy (non-hydrogen) atoms. The lowest BCUT2D eigenvalue weighted by Gasteiger charge is -2.36. The number of aromatic nitrogens is 1. The third kappa shape index (κ3) is 2.67. The highest BCUT2D eigenvalue weighted by atomic mass is 32.1. The van der Waals surface area contributed by atoms with Gasteiger partial charge in [0.15, 0.2) is 5.11 Å². The van der Waals surface area contributed by atoms with E-state index in [4.69, 9.17) is 12.2 Å². The van der Waals surface area contributed by atoms with E-state index in [0.717, 1.165) is 18.8 Å². The van der Waals surface area contributed by atoms with Crippen molar-refractivity contribution < 1.29 is 4.92 Å². The fraction of sp³-hybridized carbons (Fsp3) is 0.267. The molecular formula is C15H16N4O2S. The molecular weight excluding hydrogens is 300 g/mol. The number of rotatable bonds is 2. The molecule has 1 aromatic heterocycles. The molecule has 0 amide bonds. The Bertz CT molecular complexity index is 711. The van der Waals surface area contributed by atoms with Crippen LogP contribution in [0.2, 0.25) is 0 Å². The fourth-order valence-corrected chi connectivity index (χ4v) is 3.09. The molecule has 6 nitrogen and oxygen atoms in total. The van der Waals surface area contributed by atoms with E-state index in [0.29, 0.717) is 5.11 Å². The number of hydrogen-bond donors (Lipinski definition) is 1. The Morgan fingerprint density at radius 3 is 2.73 bits per heavy atom. The van der Waals surface area contributed by atoms with Gasteiger partial charge in [-0.25, -0.2) is 0 Å². The van der Waals surface area contributed by atoms with Crippen molar-refractivity contribution in [1.29, 1.82) is 0 Å². The number of fused-ring (bicyclic) bond motifs is 1. The summed E-state index contributed by atoms with van der Waals surface area (Å²) >= 11 is 5.49. The quantitative estimate of drug-likeness (QED) is 0.524. The minimum absolute atomic E-state index is 0.0700. The third-order valence-corrected chi connectivity index (χ3v) is 4.27. The van der Waals surface area contributed by atoms with Gasteiger partial charge in [0.1, 0.15) is 0 Å². The molecule has 1 aliphatic rings. The number of nitro benzene ring substituents is 1. The zero-order valence-corrected chi connectivity index (χ0v) is 12.9. The predicted molar refractivity (Wildman–Crippen MR) is 88.9 cm³/mol. The monoisotopic (exact) mass is 316 g/mol. The van der Waals surface area contributed by atoms with Gasteiger partial charge in [0.05, 0.1) is 11.0 Å². The number of non-ortho nitro benzene ring substituents is 1. The van der Waals surface area contributed by atoms with Crippen molar-refractivity contribution in [3.63, 3.8) is 0 Å². The Hall–Kier alpha value is -2.41. The van der Waals surface area contributed by atoms with Crippen LogP contribution in [0.3, 0.4) is 0 Å². The zero-order chi connectivity index (χ0) is 15.7. The van der Waals surface area contributed by atoms with Crippen molar-refractivity contribution in [3.8, 4) is 0 Å². The molecule has 1 aliphatic heterocycles. The van der Waals surface area contributed by atoms with Gasteiger partial charge in [0, 0.05) is 42.8 Å². The number of nitrogens with one attached hydrogen (secondary N) is 1. The van der Waals surface area contributed by atoms with Crippen LogP contribution in [-0.2, 0) is 6.54 Å². The molecule has 0 fully saturated rings. The van der Waals surface area contributed by atoms with Crippen LogP contribution in [0.5, 0.6) is 0 Å². The zero-order valence-electron chi connectivity index (χ0n) is 12.1. The number of benzene rings is 1. The predicted octanol–water partition coefficient (Wildman–Crippen LogP) is 3.17. The van der Waals surface area contributed by atoms with Gasteiger partial charge in [-0.15, -0.1) is 0 Å². The van der Waals surface area contributed by atoms with Crippen LogP contribution < -0.4 is 5.32 Å². The van der Waals surface area contributed by atoms with Crippen LogP contribution in [0.15, 0.2) is 42.6 Å². The maximum atomic E-state index is 10.7. The summed E-state index contributed by atoms with van der Waals surface area (Å²) in [5.74, 6) is 0. The van der Waals surface area contributed by atoms with Crippen LogP contribution in [0.4, 0.5) is 11.4 Å². The molecule has 0 aliphatic carbocycles. The molecule has 2 heterocycles. The standard InChI is InChI=1S/C15H16N4O2S/c1-11-14-3-2-8-17(14)9-10-18(11)15(22)16-12-4-6-13(7-5-12)19(20)21/h2-8,11H,9-10H2,1H3,(H,16,22)/t11-/m1/s1. The summed E-state index contributed by atoms with van der Waals surface area (Å²) in [6.07, 6.45) is 2.08. The van der Waals surface area contributed by atoms with E-state index in [1.165, 1.54) is 17.8 Å². The summed E-state index contributed by atoms with van der Waals surface area (Å²) < 4.78 is 2.23. The van der Waals surface area contributed by atoms with Crippen LogP contribution in [0.1, 0.15) is 18.7 Å². The Morgan fingerprint density at radius 2 is 2.05 bits per heavy atom. The van der Waals surface area contributed by atoms with Gasteiger partial charge in [-0.05, 0) is 43.4 Å². The van der Waals surface area contributed by atoms with Crippen molar-refractivity contribution in [2.45, 2.75) is 19.5 Å². The minimum Gasteiger partial charge on any atom is -0.348 e.